The summed E-state index contributed by atoms with van der Waals surface area (Å²) in [6.45, 7) is 4.29. The highest BCUT2D eigenvalue weighted by molar-refractivity contribution is 5.44. The van der Waals surface area contributed by atoms with E-state index in [1.807, 2.05) is 23.7 Å². The normalized spacial score (nSPS) is 10.5. The summed E-state index contributed by atoms with van der Waals surface area (Å²) in [4.78, 5) is 10.5. The zero-order valence-electron chi connectivity index (χ0n) is 9.75. The lowest BCUT2D eigenvalue weighted by Gasteiger charge is -2.08. The summed E-state index contributed by atoms with van der Waals surface area (Å²) >= 11 is 0. The van der Waals surface area contributed by atoms with E-state index < -0.39 is 0 Å². The quantitative estimate of drug-likeness (QED) is 0.602. The third-order valence-corrected chi connectivity index (χ3v) is 2.86. The molecule has 0 saturated carbocycles. The Morgan fingerprint density at radius 1 is 1.35 bits per heavy atom. The van der Waals surface area contributed by atoms with E-state index in [1.165, 1.54) is 6.07 Å². The first-order chi connectivity index (χ1) is 8.09. The Kier molecular flexibility index (Phi) is 2.91. The Morgan fingerprint density at radius 2 is 2.12 bits per heavy atom. The minimum atomic E-state index is -0.352. The van der Waals surface area contributed by atoms with Crippen LogP contribution in [-0.4, -0.2) is 14.7 Å². The molecule has 5 nitrogen and oxygen atoms in total. The first-order valence-corrected chi connectivity index (χ1v) is 5.31. The first kappa shape index (κ1) is 11.3. The lowest BCUT2D eigenvalue weighted by Crippen LogP contribution is -2.06. The summed E-state index contributed by atoms with van der Waals surface area (Å²) < 4.78 is 1.83. The molecule has 1 aromatic heterocycles. The minimum Gasteiger partial charge on any atom is -0.265 e. The molecule has 0 unspecified atom stereocenters. The van der Waals surface area contributed by atoms with Crippen molar-refractivity contribution in [1.29, 1.82) is 0 Å². The van der Waals surface area contributed by atoms with Crippen LogP contribution >= 0.6 is 0 Å². The van der Waals surface area contributed by atoms with Crippen LogP contribution in [0.25, 0.3) is 0 Å². The molecule has 5 heteroatoms. The summed E-state index contributed by atoms with van der Waals surface area (Å²) in [5.41, 5.74) is 2.82. The van der Waals surface area contributed by atoms with Crippen LogP contribution in [0.1, 0.15) is 16.8 Å². The lowest BCUT2D eigenvalue weighted by atomic mass is 10.1. The molecule has 2 rings (SSSR count). The zero-order valence-corrected chi connectivity index (χ0v) is 9.75. The van der Waals surface area contributed by atoms with Crippen molar-refractivity contribution in [3.05, 3.63) is 57.4 Å². The highest BCUT2D eigenvalue weighted by Crippen LogP contribution is 2.21. The molecule has 1 heterocycles. The van der Waals surface area contributed by atoms with E-state index >= 15 is 0 Å². The highest BCUT2D eigenvalue weighted by atomic mass is 16.6. The molecule has 0 aliphatic heterocycles. The van der Waals surface area contributed by atoms with Gasteiger partial charge in [0.1, 0.15) is 0 Å². The van der Waals surface area contributed by atoms with E-state index in [2.05, 4.69) is 5.10 Å². The Balaban J connectivity index is 2.37. The number of rotatable bonds is 3. The molecular weight excluding hydrogens is 218 g/mol. The monoisotopic (exact) mass is 231 g/mol. The number of aryl methyl sites for hydroxylation is 1. The maximum atomic E-state index is 10.8. The second kappa shape index (κ2) is 4.37. The molecule has 0 bridgehead atoms. The van der Waals surface area contributed by atoms with Crippen LogP contribution in [0.2, 0.25) is 0 Å². The van der Waals surface area contributed by atoms with Gasteiger partial charge in [0, 0.05) is 23.5 Å². The summed E-state index contributed by atoms with van der Waals surface area (Å²) in [6.07, 6.45) is 1.72. The average molecular weight is 231 g/mol. The SMILES string of the molecule is Cc1c(Cn2nccc2C)cccc1[N+](=O)[O-]. The zero-order chi connectivity index (χ0) is 12.4. The molecule has 1 aromatic carbocycles. The number of benzene rings is 1. The van der Waals surface area contributed by atoms with Crippen LogP contribution in [0.5, 0.6) is 0 Å². The largest absolute Gasteiger partial charge is 0.272 e. The van der Waals surface area contributed by atoms with Gasteiger partial charge in [0.2, 0.25) is 0 Å². The van der Waals surface area contributed by atoms with E-state index in [4.69, 9.17) is 0 Å². The number of aromatic nitrogens is 2. The van der Waals surface area contributed by atoms with Crippen LogP contribution in [0, 0.1) is 24.0 Å². The number of hydrogen-bond donors (Lipinski definition) is 0. The predicted octanol–water partition coefficient (Wildman–Crippen LogP) is 2.46. The standard InChI is InChI=1S/C12H13N3O2/c1-9-6-7-13-14(9)8-11-4-3-5-12(10(11)2)15(16)17/h3-7H,8H2,1-2H3. The second-order valence-corrected chi connectivity index (χ2v) is 3.95. The smallest absolute Gasteiger partial charge is 0.265 e. The van der Waals surface area contributed by atoms with Gasteiger partial charge in [0.15, 0.2) is 0 Å². The Hall–Kier alpha value is -2.17. The van der Waals surface area contributed by atoms with Gasteiger partial charge in [0.05, 0.1) is 11.5 Å². The predicted molar refractivity (Wildman–Crippen MR) is 63.9 cm³/mol. The molecule has 0 radical (unpaired) electrons. The Bertz CT molecular complexity index is 561. The van der Waals surface area contributed by atoms with E-state index in [9.17, 15) is 10.1 Å². The fourth-order valence-electron chi connectivity index (χ4n) is 1.76. The minimum absolute atomic E-state index is 0.160. The van der Waals surface area contributed by atoms with Crippen LogP contribution in [0.3, 0.4) is 0 Å². The number of nitrogens with zero attached hydrogens (tertiary/aromatic N) is 3. The van der Waals surface area contributed by atoms with Crippen molar-refractivity contribution in [2.24, 2.45) is 0 Å². The molecule has 0 atom stereocenters. The van der Waals surface area contributed by atoms with Crippen molar-refractivity contribution in [3.8, 4) is 0 Å². The summed E-state index contributed by atoms with van der Waals surface area (Å²) in [6, 6.07) is 7.03. The molecule has 0 aliphatic carbocycles. The van der Waals surface area contributed by atoms with Crippen LogP contribution in [0.4, 0.5) is 5.69 Å². The van der Waals surface area contributed by atoms with Gasteiger partial charge >= 0.3 is 0 Å². The van der Waals surface area contributed by atoms with Crippen molar-refractivity contribution < 1.29 is 4.92 Å². The van der Waals surface area contributed by atoms with Gasteiger partial charge in [-0.2, -0.15) is 5.10 Å². The second-order valence-electron chi connectivity index (χ2n) is 3.95. The van der Waals surface area contributed by atoms with Gasteiger partial charge in [0.25, 0.3) is 5.69 Å². The highest BCUT2D eigenvalue weighted by Gasteiger charge is 2.13. The van der Waals surface area contributed by atoms with E-state index in [0.717, 1.165) is 11.3 Å². The fraction of sp³-hybridized carbons (Fsp3) is 0.250. The third kappa shape index (κ3) is 2.18. The number of hydrogen-bond acceptors (Lipinski definition) is 3. The summed E-state index contributed by atoms with van der Waals surface area (Å²) in [7, 11) is 0. The molecule has 0 saturated heterocycles. The fourth-order valence-corrected chi connectivity index (χ4v) is 1.76. The lowest BCUT2D eigenvalue weighted by molar-refractivity contribution is -0.385. The van der Waals surface area contributed by atoms with Crippen LogP contribution < -0.4 is 0 Å². The maximum absolute atomic E-state index is 10.8. The molecular formula is C12H13N3O2. The van der Waals surface area contributed by atoms with E-state index in [-0.39, 0.29) is 10.6 Å². The van der Waals surface area contributed by atoms with Gasteiger partial charge in [-0.15, -0.1) is 0 Å². The first-order valence-electron chi connectivity index (χ1n) is 5.31. The third-order valence-electron chi connectivity index (χ3n) is 2.86. The Morgan fingerprint density at radius 3 is 2.71 bits per heavy atom. The van der Waals surface area contributed by atoms with E-state index in [0.29, 0.717) is 12.1 Å². The van der Waals surface area contributed by atoms with Crippen molar-refractivity contribution in [3.63, 3.8) is 0 Å². The van der Waals surface area contributed by atoms with Gasteiger partial charge in [-0.3, -0.25) is 14.8 Å². The number of nitro groups is 1. The summed E-state index contributed by atoms with van der Waals surface area (Å²) in [5.74, 6) is 0. The molecule has 0 N–H and O–H groups in total. The van der Waals surface area contributed by atoms with Crippen molar-refractivity contribution in [1.82, 2.24) is 9.78 Å². The molecule has 2 aromatic rings. The molecule has 0 amide bonds. The van der Waals surface area contributed by atoms with Crippen molar-refractivity contribution >= 4 is 5.69 Å². The average Bonchev–Trinajstić information content (AvgIpc) is 2.67. The number of nitro benzene ring substituents is 1. The van der Waals surface area contributed by atoms with E-state index in [1.54, 1.807) is 19.2 Å². The van der Waals surface area contributed by atoms with Gasteiger partial charge in [-0.1, -0.05) is 12.1 Å². The Labute approximate surface area is 98.8 Å². The van der Waals surface area contributed by atoms with Crippen LogP contribution in [-0.2, 0) is 6.54 Å². The topological polar surface area (TPSA) is 61.0 Å². The van der Waals surface area contributed by atoms with Gasteiger partial charge in [-0.25, -0.2) is 0 Å². The van der Waals surface area contributed by atoms with Crippen molar-refractivity contribution in [2.45, 2.75) is 20.4 Å². The maximum Gasteiger partial charge on any atom is 0.272 e. The van der Waals surface area contributed by atoms with Gasteiger partial charge < -0.3 is 0 Å². The molecule has 17 heavy (non-hydrogen) atoms. The molecule has 0 aliphatic rings. The molecule has 88 valence electrons. The summed E-state index contributed by atoms with van der Waals surface area (Å²) in [5, 5.41) is 15.0. The molecule has 0 spiro atoms. The van der Waals surface area contributed by atoms with Gasteiger partial charge in [-0.05, 0) is 25.5 Å². The molecule has 0 fully saturated rings. The van der Waals surface area contributed by atoms with Crippen LogP contribution in [0.15, 0.2) is 30.5 Å². The van der Waals surface area contributed by atoms with Crippen molar-refractivity contribution in [2.75, 3.05) is 0 Å².